The lowest BCUT2D eigenvalue weighted by molar-refractivity contribution is 0.194. The smallest absolute Gasteiger partial charge is 0.0444 e. The molecule has 2 bridgehead atoms. The second kappa shape index (κ2) is 6.05. The van der Waals surface area contributed by atoms with Gasteiger partial charge in [0.1, 0.15) is 0 Å². The third-order valence-corrected chi connectivity index (χ3v) is 4.96. The quantitative estimate of drug-likeness (QED) is 0.792. The number of benzene rings is 1. The lowest BCUT2D eigenvalue weighted by Crippen LogP contribution is -2.38. The van der Waals surface area contributed by atoms with E-state index in [9.17, 15) is 0 Å². The number of hydrogen-bond donors (Lipinski definition) is 0. The molecule has 0 saturated carbocycles. The molecular formula is C20H22N2. The first-order valence-corrected chi connectivity index (χ1v) is 8.27. The van der Waals surface area contributed by atoms with Crippen LogP contribution in [-0.2, 0) is 13.0 Å². The van der Waals surface area contributed by atoms with Crippen molar-refractivity contribution in [2.24, 2.45) is 0 Å². The number of nitrogens with zero attached hydrogens (tertiary/aromatic N) is 2. The van der Waals surface area contributed by atoms with Crippen LogP contribution >= 0.6 is 0 Å². The highest BCUT2D eigenvalue weighted by molar-refractivity contribution is 5.24. The molecule has 4 rings (SSSR count). The molecular weight excluding hydrogens is 268 g/mol. The van der Waals surface area contributed by atoms with Gasteiger partial charge in [-0.2, -0.15) is 0 Å². The minimum atomic E-state index is 0.623. The number of fused-ring (bicyclic) bond motifs is 2. The van der Waals surface area contributed by atoms with Gasteiger partial charge in [-0.3, -0.25) is 9.88 Å². The summed E-state index contributed by atoms with van der Waals surface area (Å²) >= 11 is 0. The molecule has 2 nitrogen and oxygen atoms in total. The summed E-state index contributed by atoms with van der Waals surface area (Å²) in [5.41, 5.74) is 4.21. The highest BCUT2D eigenvalue weighted by Gasteiger charge is 2.36. The molecule has 112 valence electrons. The van der Waals surface area contributed by atoms with Crippen molar-refractivity contribution in [3.8, 4) is 0 Å². The van der Waals surface area contributed by atoms with Gasteiger partial charge in [-0.15, -0.1) is 0 Å². The van der Waals surface area contributed by atoms with Crippen molar-refractivity contribution < 1.29 is 0 Å². The maximum atomic E-state index is 4.48. The zero-order valence-corrected chi connectivity index (χ0v) is 12.9. The van der Waals surface area contributed by atoms with Gasteiger partial charge >= 0.3 is 0 Å². The topological polar surface area (TPSA) is 16.1 Å². The second-order valence-corrected chi connectivity index (χ2v) is 6.48. The van der Waals surface area contributed by atoms with Gasteiger partial charge in [-0.25, -0.2) is 0 Å². The average molecular weight is 290 g/mol. The summed E-state index contributed by atoms with van der Waals surface area (Å²) in [6.07, 6.45) is 9.28. The van der Waals surface area contributed by atoms with E-state index < -0.39 is 0 Å². The fourth-order valence-electron chi connectivity index (χ4n) is 3.91. The Morgan fingerprint density at radius 3 is 2.64 bits per heavy atom. The van der Waals surface area contributed by atoms with Gasteiger partial charge in [-0.05, 0) is 37.0 Å². The fraction of sp³-hybridized carbons (Fsp3) is 0.350. The number of hydrogen-bond acceptors (Lipinski definition) is 2. The van der Waals surface area contributed by atoms with E-state index in [0.717, 1.165) is 13.0 Å². The van der Waals surface area contributed by atoms with Crippen molar-refractivity contribution in [3.05, 3.63) is 77.6 Å². The standard InChI is InChI=1S/C20H22N2/c1-2-6-16(7-3-1)15-22-19-9-10-20(22)14-17(13-19)12-18-8-4-5-11-21-18/h1-8,11,13,19-20H,9-10,12,14-15H2. The van der Waals surface area contributed by atoms with E-state index in [4.69, 9.17) is 0 Å². The normalized spacial score (nSPS) is 24.3. The zero-order chi connectivity index (χ0) is 14.8. The third kappa shape index (κ3) is 2.84. The summed E-state index contributed by atoms with van der Waals surface area (Å²) in [5, 5.41) is 0. The molecule has 2 unspecified atom stereocenters. The van der Waals surface area contributed by atoms with Crippen molar-refractivity contribution in [2.45, 2.75) is 44.3 Å². The SMILES string of the molecule is C1=C(Cc2ccccn2)CC2CCC1N2Cc1ccccc1. The summed E-state index contributed by atoms with van der Waals surface area (Å²) < 4.78 is 0. The van der Waals surface area contributed by atoms with Crippen molar-refractivity contribution in [1.29, 1.82) is 0 Å². The van der Waals surface area contributed by atoms with E-state index in [-0.39, 0.29) is 0 Å². The molecule has 0 radical (unpaired) electrons. The lowest BCUT2D eigenvalue weighted by atomic mass is 9.96. The van der Waals surface area contributed by atoms with Crippen LogP contribution in [0.4, 0.5) is 0 Å². The van der Waals surface area contributed by atoms with E-state index in [1.807, 2.05) is 12.3 Å². The molecule has 0 spiro atoms. The molecule has 3 heterocycles. The molecule has 2 atom stereocenters. The van der Waals surface area contributed by atoms with Crippen LogP contribution in [-0.4, -0.2) is 22.0 Å². The van der Waals surface area contributed by atoms with E-state index >= 15 is 0 Å². The predicted molar refractivity (Wildman–Crippen MR) is 89.4 cm³/mol. The number of aromatic nitrogens is 1. The Morgan fingerprint density at radius 2 is 1.86 bits per heavy atom. The molecule has 2 aliphatic heterocycles. The van der Waals surface area contributed by atoms with Gasteiger partial charge in [0.05, 0.1) is 0 Å². The Hall–Kier alpha value is -1.93. The van der Waals surface area contributed by atoms with Crippen LogP contribution in [0.3, 0.4) is 0 Å². The number of pyridine rings is 1. The van der Waals surface area contributed by atoms with Crippen LogP contribution in [0.5, 0.6) is 0 Å². The highest BCUT2D eigenvalue weighted by atomic mass is 15.2. The van der Waals surface area contributed by atoms with Crippen LogP contribution in [0.25, 0.3) is 0 Å². The predicted octanol–water partition coefficient (Wildman–Crippen LogP) is 3.99. The molecule has 1 fully saturated rings. The largest absolute Gasteiger partial charge is 0.289 e. The van der Waals surface area contributed by atoms with Gasteiger partial charge < -0.3 is 0 Å². The molecule has 1 saturated heterocycles. The van der Waals surface area contributed by atoms with Crippen molar-refractivity contribution in [3.63, 3.8) is 0 Å². The van der Waals surface area contributed by atoms with E-state index in [1.54, 1.807) is 5.57 Å². The van der Waals surface area contributed by atoms with Crippen molar-refractivity contribution >= 4 is 0 Å². The summed E-state index contributed by atoms with van der Waals surface area (Å²) in [7, 11) is 0. The second-order valence-electron chi connectivity index (χ2n) is 6.48. The van der Waals surface area contributed by atoms with Gasteiger partial charge in [0.2, 0.25) is 0 Å². The van der Waals surface area contributed by atoms with Crippen LogP contribution in [0.15, 0.2) is 66.4 Å². The third-order valence-electron chi connectivity index (χ3n) is 4.96. The Bertz CT molecular complexity index is 648. The summed E-state index contributed by atoms with van der Waals surface area (Å²) in [4.78, 5) is 7.17. The van der Waals surface area contributed by atoms with E-state index in [1.165, 1.54) is 30.5 Å². The molecule has 1 aromatic carbocycles. The molecule has 0 aliphatic carbocycles. The van der Waals surface area contributed by atoms with E-state index in [2.05, 4.69) is 58.4 Å². The summed E-state index contributed by atoms with van der Waals surface area (Å²) in [5.74, 6) is 0. The molecule has 0 amide bonds. The van der Waals surface area contributed by atoms with Crippen LogP contribution in [0.2, 0.25) is 0 Å². The first-order valence-electron chi connectivity index (χ1n) is 8.27. The minimum Gasteiger partial charge on any atom is -0.289 e. The first kappa shape index (κ1) is 13.7. The maximum absolute atomic E-state index is 4.48. The first-order chi connectivity index (χ1) is 10.9. The summed E-state index contributed by atoms with van der Waals surface area (Å²) in [6.45, 7) is 1.09. The van der Waals surface area contributed by atoms with Crippen LogP contribution < -0.4 is 0 Å². The molecule has 2 heteroatoms. The molecule has 1 aromatic heterocycles. The minimum absolute atomic E-state index is 0.623. The van der Waals surface area contributed by atoms with Gasteiger partial charge in [0, 0.05) is 36.9 Å². The van der Waals surface area contributed by atoms with E-state index in [0.29, 0.717) is 12.1 Å². The van der Waals surface area contributed by atoms with Crippen molar-refractivity contribution in [2.75, 3.05) is 0 Å². The Labute approximate surface area is 132 Å². The molecule has 2 aliphatic rings. The van der Waals surface area contributed by atoms with Gasteiger partial charge in [-0.1, -0.05) is 48.0 Å². The maximum Gasteiger partial charge on any atom is 0.0444 e. The Kier molecular flexibility index (Phi) is 3.77. The van der Waals surface area contributed by atoms with Crippen LogP contribution in [0, 0.1) is 0 Å². The Balaban J connectivity index is 1.48. The van der Waals surface area contributed by atoms with Gasteiger partial charge in [0.25, 0.3) is 0 Å². The van der Waals surface area contributed by atoms with Crippen molar-refractivity contribution in [1.82, 2.24) is 9.88 Å². The zero-order valence-electron chi connectivity index (χ0n) is 12.9. The Morgan fingerprint density at radius 1 is 1.00 bits per heavy atom. The average Bonchev–Trinajstić information content (AvgIpc) is 2.80. The number of rotatable bonds is 4. The highest BCUT2D eigenvalue weighted by Crippen LogP contribution is 2.36. The molecule has 2 aromatic rings. The monoisotopic (exact) mass is 290 g/mol. The summed E-state index contributed by atoms with van der Waals surface area (Å²) in [6, 6.07) is 18.4. The van der Waals surface area contributed by atoms with Crippen LogP contribution in [0.1, 0.15) is 30.5 Å². The molecule has 0 N–H and O–H groups in total. The lowest BCUT2D eigenvalue weighted by Gasteiger charge is -2.34. The van der Waals surface area contributed by atoms with Gasteiger partial charge in [0.15, 0.2) is 0 Å². The fourth-order valence-corrected chi connectivity index (χ4v) is 3.91. The molecule has 22 heavy (non-hydrogen) atoms.